The lowest BCUT2D eigenvalue weighted by atomic mass is 10.2. The van der Waals surface area contributed by atoms with Crippen molar-refractivity contribution in [1.29, 1.82) is 0 Å². The van der Waals surface area contributed by atoms with Crippen LogP contribution in [0, 0.1) is 0 Å². The van der Waals surface area contributed by atoms with Crippen LogP contribution in [-0.2, 0) is 9.84 Å². The summed E-state index contributed by atoms with van der Waals surface area (Å²) in [5, 5.41) is 0.104. The van der Waals surface area contributed by atoms with E-state index in [0.29, 0.717) is 5.75 Å². The lowest BCUT2D eigenvalue weighted by molar-refractivity contribution is 0.0729. The number of hydrogen-bond donors (Lipinski definition) is 0. The minimum absolute atomic E-state index is 0.0103. The minimum Gasteiger partial charge on any atom is -0.493 e. The highest BCUT2D eigenvalue weighted by Crippen LogP contribution is 2.28. The Balaban J connectivity index is 2.38. The summed E-state index contributed by atoms with van der Waals surface area (Å²) in [5.41, 5.74) is -0.0319. The van der Waals surface area contributed by atoms with E-state index < -0.39 is 15.8 Å². The normalized spacial score (nSPS) is 11.0. The molecule has 0 atom stereocenters. The molecule has 0 amide bonds. The van der Waals surface area contributed by atoms with Gasteiger partial charge in [-0.1, -0.05) is 23.7 Å². The van der Waals surface area contributed by atoms with Crippen molar-refractivity contribution in [3.8, 4) is 11.5 Å². The first kappa shape index (κ1) is 16.3. The average Bonchev–Trinajstić information content (AvgIpc) is 2.47. The van der Waals surface area contributed by atoms with E-state index in [9.17, 15) is 13.2 Å². The van der Waals surface area contributed by atoms with Gasteiger partial charge in [0.15, 0.2) is 21.3 Å². The molecule has 0 aliphatic carbocycles. The Labute approximate surface area is 133 Å². The number of sulfone groups is 1. The van der Waals surface area contributed by atoms with Crippen LogP contribution in [0.1, 0.15) is 10.4 Å². The van der Waals surface area contributed by atoms with Crippen molar-refractivity contribution in [3.63, 3.8) is 0 Å². The standard InChI is InChI=1S/C15H13ClO5S/c1-20-13-5-3-4-6-14(13)21-15(17)11-9-10(22(2,18)19)7-8-12(11)16/h3-9H,1-2H3. The summed E-state index contributed by atoms with van der Waals surface area (Å²) in [6, 6.07) is 10.5. The summed E-state index contributed by atoms with van der Waals surface area (Å²) in [6.45, 7) is 0. The quantitative estimate of drug-likeness (QED) is 0.632. The van der Waals surface area contributed by atoms with Crippen LogP contribution in [0.4, 0.5) is 0 Å². The number of ether oxygens (including phenoxy) is 2. The number of carbonyl (C=O) groups is 1. The van der Waals surface area contributed by atoms with Crippen molar-refractivity contribution in [3.05, 3.63) is 53.1 Å². The van der Waals surface area contributed by atoms with E-state index in [4.69, 9.17) is 21.1 Å². The Morgan fingerprint density at radius 3 is 2.32 bits per heavy atom. The van der Waals surface area contributed by atoms with Crippen molar-refractivity contribution in [2.24, 2.45) is 0 Å². The maximum absolute atomic E-state index is 12.2. The summed E-state index contributed by atoms with van der Waals surface area (Å²) in [5.74, 6) is -0.165. The topological polar surface area (TPSA) is 69.7 Å². The molecule has 0 bridgehead atoms. The fourth-order valence-corrected chi connectivity index (χ4v) is 2.59. The molecule has 22 heavy (non-hydrogen) atoms. The molecule has 116 valence electrons. The third-order valence-corrected chi connectivity index (χ3v) is 4.30. The molecule has 0 aromatic heterocycles. The second-order valence-corrected chi connectivity index (χ2v) is 6.88. The third-order valence-electron chi connectivity index (χ3n) is 2.86. The van der Waals surface area contributed by atoms with Gasteiger partial charge in [-0.2, -0.15) is 0 Å². The van der Waals surface area contributed by atoms with Crippen LogP contribution in [0.25, 0.3) is 0 Å². The Morgan fingerprint density at radius 2 is 1.73 bits per heavy atom. The van der Waals surface area contributed by atoms with Gasteiger partial charge in [-0.3, -0.25) is 0 Å². The summed E-state index contributed by atoms with van der Waals surface area (Å²) in [6.07, 6.45) is 1.05. The molecular weight excluding hydrogens is 328 g/mol. The van der Waals surface area contributed by atoms with E-state index >= 15 is 0 Å². The number of hydrogen-bond acceptors (Lipinski definition) is 5. The molecule has 0 saturated heterocycles. The number of esters is 1. The first-order chi connectivity index (χ1) is 10.3. The zero-order chi connectivity index (χ0) is 16.3. The van der Waals surface area contributed by atoms with Crippen LogP contribution < -0.4 is 9.47 Å². The van der Waals surface area contributed by atoms with Crippen LogP contribution >= 0.6 is 11.6 Å². The summed E-state index contributed by atoms with van der Waals surface area (Å²) < 4.78 is 33.4. The van der Waals surface area contributed by atoms with Crippen molar-refractivity contribution in [2.45, 2.75) is 4.90 Å². The summed E-state index contributed by atoms with van der Waals surface area (Å²) >= 11 is 5.95. The van der Waals surface area contributed by atoms with Crippen molar-refractivity contribution < 1.29 is 22.7 Å². The first-order valence-electron chi connectivity index (χ1n) is 6.17. The van der Waals surface area contributed by atoms with Gasteiger partial charge in [-0.25, -0.2) is 13.2 Å². The lowest BCUT2D eigenvalue weighted by Gasteiger charge is -2.10. The van der Waals surface area contributed by atoms with Crippen LogP contribution in [-0.4, -0.2) is 27.8 Å². The predicted octanol–water partition coefficient (Wildman–Crippen LogP) is 2.97. The molecular formula is C15H13ClO5S. The molecule has 2 aromatic carbocycles. The zero-order valence-electron chi connectivity index (χ0n) is 11.9. The average molecular weight is 341 g/mol. The van der Waals surface area contributed by atoms with E-state index in [0.717, 1.165) is 6.26 Å². The van der Waals surface area contributed by atoms with Gasteiger partial charge in [0, 0.05) is 6.26 Å². The molecule has 5 nitrogen and oxygen atoms in total. The van der Waals surface area contributed by atoms with Gasteiger partial charge in [-0.15, -0.1) is 0 Å². The highest BCUT2D eigenvalue weighted by atomic mass is 35.5. The monoisotopic (exact) mass is 340 g/mol. The molecule has 0 fully saturated rings. The Morgan fingerprint density at radius 1 is 1.09 bits per heavy atom. The van der Waals surface area contributed by atoms with Gasteiger partial charge >= 0.3 is 5.97 Å². The van der Waals surface area contributed by atoms with Crippen LogP contribution in [0.3, 0.4) is 0 Å². The summed E-state index contributed by atoms with van der Waals surface area (Å²) in [4.78, 5) is 12.2. The Bertz CT molecular complexity index is 814. The molecule has 7 heteroatoms. The van der Waals surface area contributed by atoms with Gasteiger partial charge in [0.1, 0.15) is 0 Å². The molecule has 0 unspecified atom stereocenters. The fraction of sp³-hybridized carbons (Fsp3) is 0.133. The Kier molecular flexibility index (Phi) is 4.73. The number of methoxy groups -OCH3 is 1. The van der Waals surface area contributed by atoms with Gasteiger partial charge < -0.3 is 9.47 Å². The third kappa shape index (κ3) is 3.58. The SMILES string of the molecule is COc1ccccc1OC(=O)c1cc(S(C)(=O)=O)ccc1Cl. The molecule has 0 radical (unpaired) electrons. The van der Waals surface area contributed by atoms with E-state index in [2.05, 4.69) is 0 Å². The second-order valence-electron chi connectivity index (χ2n) is 4.45. The maximum atomic E-state index is 12.2. The second kappa shape index (κ2) is 6.37. The maximum Gasteiger partial charge on any atom is 0.345 e. The van der Waals surface area contributed by atoms with Gasteiger partial charge in [0.25, 0.3) is 0 Å². The van der Waals surface area contributed by atoms with Crippen LogP contribution in [0.5, 0.6) is 11.5 Å². The molecule has 2 rings (SSSR count). The van der Waals surface area contributed by atoms with E-state index in [1.165, 1.54) is 25.3 Å². The largest absolute Gasteiger partial charge is 0.493 e. The molecule has 0 saturated carbocycles. The van der Waals surface area contributed by atoms with Crippen molar-refractivity contribution in [2.75, 3.05) is 13.4 Å². The molecule has 0 heterocycles. The van der Waals surface area contributed by atoms with Crippen molar-refractivity contribution >= 4 is 27.4 Å². The van der Waals surface area contributed by atoms with E-state index in [1.54, 1.807) is 24.3 Å². The molecule has 0 N–H and O–H groups in total. The zero-order valence-corrected chi connectivity index (χ0v) is 13.4. The van der Waals surface area contributed by atoms with Crippen LogP contribution in [0.2, 0.25) is 5.02 Å². The smallest absolute Gasteiger partial charge is 0.345 e. The number of rotatable bonds is 4. The summed E-state index contributed by atoms with van der Waals surface area (Å²) in [7, 11) is -2.00. The number of para-hydroxylation sites is 2. The molecule has 0 aliphatic heterocycles. The van der Waals surface area contributed by atoms with E-state index in [1.807, 2.05) is 0 Å². The van der Waals surface area contributed by atoms with Crippen molar-refractivity contribution in [1.82, 2.24) is 0 Å². The Hall–Kier alpha value is -2.05. The van der Waals surface area contributed by atoms with Gasteiger partial charge in [0.05, 0.1) is 22.6 Å². The van der Waals surface area contributed by atoms with Crippen LogP contribution in [0.15, 0.2) is 47.4 Å². The first-order valence-corrected chi connectivity index (χ1v) is 8.44. The van der Waals surface area contributed by atoms with Gasteiger partial charge in [0.2, 0.25) is 0 Å². The number of carbonyl (C=O) groups excluding carboxylic acids is 1. The predicted molar refractivity (Wildman–Crippen MR) is 82.5 cm³/mol. The highest BCUT2D eigenvalue weighted by Gasteiger charge is 2.18. The van der Waals surface area contributed by atoms with E-state index in [-0.39, 0.29) is 21.2 Å². The molecule has 2 aromatic rings. The lowest BCUT2D eigenvalue weighted by Crippen LogP contribution is -2.11. The number of halogens is 1. The highest BCUT2D eigenvalue weighted by molar-refractivity contribution is 7.90. The minimum atomic E-state index is -3.45. The fourth-order valence-electron chi connectivity index (χ4n) is 1.75. The number of benzene rings is 2. The molecule has 0 aliphatic rings. The molecule has 0 spiro atoms. The van der Waals surface area contributed by atoms with Gasteiger partial charge in [-0.05, 0) is 30.3 Å².